The first-order chi connectivity index (χ1) is 15.6. The molecule has 0 radical (unpaired) electrons. The number of hydrogen-bond acceptors (Lipinski definition) is 8. The molecule has 0 atom stereocenters. The number of carbonyl (C=O) groups excluding carboxylic acids is 1. The van der Waals surface area contributed by atoms with Crippen molar-refractivity contribution in [2.75, 3.05) is 13.7 Å². The van der Waals surface area contributed by atoms with Crippen molar-refractivity contribution < 1.29 is 9.53 Å². The lowest BCUT2D eigenvalue weighted by Crippen LogP contribution is -2.34. The molecule has 4 rings (SSSR count). The maximum absolute atomic E-state index is 12.7. The Kier molecular flexibility index (Phi) is 5.83. The highest BCUT2D eigenvalue weighted by atomic mass is 16.5. The summed E-state index contributed by atoms with van der Waals surface area (Å²) in [6, 6.07) is 12.8. The number of amides is 1. The van der Waals surface area contributed by atoms with E-state index < -0.39 is 11.5 Å². The molecule has 0 bridgehead atoms. The highest BCUT2D eigenvalue weighted by molar-refractivity contribution is 5.94. The van der Waals surface area contributed by atoms with Crippen LogP contribution in [0.2, 0.25) is 0 Å². The van der Waals surface area contributed by atoms with E-state index in [4.69, 9.17) is 4.74 Å². The van der Waals surface area contributed by atoms with Crippen LogP contribution in [0.5, 0.6) is 5.75 Å². The van der Waals surface area contributed by atoms with Crippen molar-refractivity contribution >= 4 is 5.91 Å². The second kappa shape index (κ2) is 9.04. The number of nitrogens with one attached hydrogen (secondary N) is 1. The third-order valence-electron chi connectivity index (χ3n) is 4.45. The summed E-state index contributed by atoms with van der Waals surface area (Å²) in [5, 5.41) is 15.0. The molecular weight excluding hydrogens is 416 g/mol. The number of methoxy groups -OCH3 is 1. The SMILES string of the molecule is COc1cc(=O)n(-c2ccccc2)nc1C(=O)NCCn1nc(-n2cncn2)ccc1=O. The first-order valence-electron chi connectivity index (χ1n) is 9.52. The fraction of sp³-hybridized carbons (Fsp3) is 0.150. The molecule has 32 heavy (non-hydrogen) atoms. The Morgan fingerprint density at radius 2 is 1.88 bits per heavy atom. The summed E-state index contributed by atoms with van der Waals surface area (Å²) in [6.07, 6.45) is 2.81. The topological polar surface area (TPSA) is 139 Å². The summed E-state index contributed by atoms with van der Waals surface area (Å²) in [5.74, 6) is -0.109. The van der Waals surface area contributed by atoms with Crippen LogP contribution in [-0.2, 0) is 6.54 Å². The molecule has 1 aromatic carbocycles. The standard InChI is InChI=1S/C20H18N8O4/c1-32-15-11-18(30)28(14-5-3-2-4-6-14)25-19(15)20(31)22-9-10-26-17(29)8-7-16(24-26)27-13-21-12-23-27/h2-8,11-13H,9-10H2,1H3,(H,22,31). The Labute approximate surface area is 180 Å². The molecule has 3 aromatic heterocycles. The molecule has 0 aliphatic carbocycles. The van der Waals surface area contributed by atoms with Gasteiger partial charge in [0.25, 0.3) is 17.0 Å². The summed E-state index contributed by atoms with van der Waals surface area (Å²) in [5.41, 5.74) is -0.329. The van der Waals surface area contributed by atoms with Crippen molar-refractivity contribution in [3.63, 3.8) is 0 Å². The van der Waals surface area contributed by atoms with Crippen LogP contribution in [0.3, 0.4) is 0 Å². The lowest BCUT2D eigenvalue weighted by molar-refractivity contribution is 0.0941. The van der Waals surface area contributed by atoms with Gasteiger partial charge >= 0.3 is 0 Å². The molecule has 1 amide bonds. The van der Waals surface area contributed by atoms with Gasteiger partial charge in [0.05, 0.1) is 25.4 Å². The van der Waals surface area contributed by atoms with Gasteiger partial charge in [-0.15, -0.1) is 5.10 Å². The molecule has 0 unspecified atom stereocenters. The van der Waals surface area contributed by atoms with E-state index in [0.29, 0.717) is 11.5 Å². The van der Waals surface area contributed by atoms with E-state index >= 15 is 0 Å². The zero-order valence-electron chi connectivity index (χ0n) is 17.0. The third kappa shape index (κ3) is 4.28. The van der Waals surface area contributed by atoms with Crippen molar-refractivity contribution in [2.45, 2.75) is 6.54 Å². The minimum absolute atomic E-state index is 0.0446. The predicted molar refractivity (Wildman–Crippen MR) is 112 cm³/mol. The lowest BCUT2D eigenvalue weighted by Gasteiger charge is -2.12. The minimum Gasteiger partial charge on any atom is -0.494 e. The Hall–Kier alpha value is -4.61. The highest BCUT2D eigenvalue weighted by Crippen LogP contribution is 2.14. The van der Waals surface area contributed by atoms with E-state index in [0.717, 1.165) is 4.68 Å². The second-order valence-corrected chi connectivity index (χ2v) is 6.50. The van der Waals surface area contributed by atoms with E-state index in [1.807, 2.05) is 0 Å². The molecule has 4 aromatic rings. The summed E-state index contributed by atoms with van der Waals surface area (Å²) in [7, 11) is 1.35. The predicted octanol–water partition coefficient (Wildman–Crippen LogP) is -0.191. The van der Waals surface area contributed by atoms with Gasteiger partial charge in [0.2, 0.25) is 0 Å². The van der Waals surface area contributed by atoms with E-state index in [9.17, 15) is 14.4 Å². The first kappa shape index (κ1) is 20.7. The summed E-state index contributed by atoms with van der Waals surface area (Å²) < 4.78 is 8.89. The zero-order valence-corrected chi connectivity index (χ0v) is 17.0. The number of aromatic nitrogens is 7. The van der Waals surface area contributed by atoms with E-state index in [-0.39, 0.29) is 30.1 Å². The molecule has 0 spiro atoms. The Morgan fingerprint density at radius 1 is 1.06 bits per heavy atom. The Balaban J connectivity index is 1.52. The quantitative estimate of drug-likeness (QED) is 0.422. The average molecular weight is 434 g/mol. The molecule has 0 saturated heterocycles. The van der Waals surface area contributed by atoms with Crippen molar-refractivity contribution in [1.82, 2.24) is 39.6 Å². The smallest absolute Gasteiger partial charge is 0.275 e. The summed E-state index contributed by atoms with van der Waals surface area (Å²) >= 11 is 0. The molecule has 0 fully saturated rings. The van der Waals surface area contributed by atoms with Crippen LogP contribution in [0.1, 0.15) is 10.5 Å². The summed E-state index contributed by atoms with van der Waals surface area (Å²) in [4.78, 5) is 41.1. The zero-order chi connectivity index (χ0) is 22.5. The molecule has 0 aliphatic rings. The summed E-state index contributed by atoms with van der Waals surface area (Å²) in [6.45, 7) is 0.190. The van der Waals surface area contributed by atoms with Gasteiger partial charge in [0, 0.05) is 12.6 Å². The van der Waals surface area contributed by atoms with Crippen LogP contribution in [0.15, 0.2) is 70.8 Å². The molecule has 3 heterocycles. The number of para-hydroxylation sites is 1. The van der Waals surface area contributed by atoms with Crippen molar-refractivity contribution in [1.29, 1.82) is 0 Å². The van der Waals surface area contributed by atoms with E-state index in [1.165, 1.54) is 47.3 Å². The van der Waals surface area contributed by atoms with Crippen LogP contribution < -0.4 is 21.2 Å². The number of benzene rings is 1. The van der Waals surface area contributed by atoms with Crippen LogP contribution >= 0.6 is 0 Å². The van der Waals surface area contributed by atoms with Crippen molar-refractivity contribution in [3.05, 3.63) is 87.6 Å². The fourth-order valence-electron chi connectivity index (χ4n) is 2.91. The van der Waals surface area contributed by atoms with Gasteiger partial charge < -0.3 is 10.1 Å². The molecule has 0 aliphatic heterocycles. The van der Waals surface area contributed by atoms with Crippen LogP contribution in [-0.4, -0.2) is 53.9 Å². The second-order valence-electron chi connectivity index (χ2n) is 6.50. The number of ether oxygens (including phenoxy) is 1. The number of rotatable bonds is 7. The highest BCUT2D eigenvalue weighted by Gasteiger charge is 2.18. The monoisotopic (exact) mass is 434 g/mol. The minimum atomic E-state index is -0.563. The maximum atomic E-state index is 12.7. The van der Waals surface area contributed by atoms with Gasteiger partial charge in [-0.25, -0.2) is 14.3 Å². The van der Waals surface area contributed by atoms with Crippen LogP contribution in [0, 0.1) is 0 Å². The van der Waals surface area contributed by atoms with Crippen molar-refractivity contribution in [3.8, 4) is 17.3 Å². The normalized spacial score (nSPS) is 10.7. The Bertz CT molecular complexity index is 1350. The average Bonchev–Trinajstić information content (AvgIpc) is 3.35. The molecule has 1 N–H and O–H groups in total. The molecule has 12 nitrogen and oxygen atoms in total. The molecule has 0 saturated carbocycles. The fourth-order valence-corrected chi connectivity index (χ4v) is 2.91. The number of carbonyl (C=O) groups is 1. The largest absolute Gasteiger partial charge is 0.494 e. The molecular formula is C20H18N8O4. The first-order valence-corrected chi connectivity index (χ1v) is 9.52. The van der Waals surface area contributed by atoms with Gasteiger partial charge in [0.1, 0.15) is 12.7 Å². The number of hydrogen-bond donors (Lipinski definition) is 1. The van der Waals surface area contributed by atoms with Gasteiger partial charge in [-0.3, -0.25) is 14.4 Å². The van der Waals surface area contributed by atoms with E-state index in [1.54, 1.807) is 30.3 Å². The maximum Gasteiger partial charge on any atom is 0.275 e. The number of nitrogens with zero attached hydrogens (tertiary/aromatic N) is 7. The van der Waals surface area contributed by atoms with Crippen molar-refractivity contribution in [2.24, 2.45) is 0 Å². The van der Waals surface area contributed by atoms with E-state index in [2.05, 4.69) is 25.6 Å². The van der Waals surface area contributed by atoms with Gasteiger partial charge in [0.15, 0.2) is 17.3 Å². The van der Waals surface area contributed by atoms with Gasteiger partial charge in [-0.2, -0.15) is 14.9 Å². The van der Waals surface area contributed by atoms with Gasteiger partial charge in [-0.1, -0.05) is 18.2 Å². The molecule has 12 heteroatoms. The Morgan fingerprint density at radius 3 is 2.59 bits per heavy atom. The van der Waals surface area contributed by atoms with Crippen LogP contribution in [0.4, 0.5) is 0 Å². The van der Waals surface area contributed by atoms with Crippen LogP contribution in [0.25, 0.3) is 11.5 Å². The lowest BCUT2D eigenvalue weighted by atomic mass is 10.3. The van der Waals surface area contributed by atoms with Gasteiger partial charge in [-0.05, 0) is 18.2 Å². The molecule has 162 valence electrons. The third-order valence-corrected chi connectivity index (χ3v) is 4.45.